The average Bonchev–Trinajstić information content (AvgIpc) is 3.16. The molecule has 330 valence electrons. The minimum absolute atomic E-state index is 0.0184. The molecule has 3 rings (SSSR count). The molecule has 60 heavy (non-hydrogen) atoms. The minimum Gasteiger partial charge on any atom is -0.508 e. The number of aliphatic hydroxyl groups excluding tert-OH is 2. The smallest absolute Gasteiger partial charge is 0.330 e. The fourth-order valence-corrected chi connectivity index (χ4v) is 7.06. The van der Waals surface area contributed by atoms with E-state index in [9.17, 15) is 48.5 Å². The van der Waals surface area contributed by atoms with E-state index in [4.69, 9.17) is 9.47 Å². The highest BCUT2D eigenvalue weighted by Crippen LogP contribution is 2.28. The number of halogens is 1. The van der Waals surface area contributed by atoms with Crippen LogP contribution in [-0.4, -0.2) is 98.7 Å². The monoisotopic (exact) mass is 839 g/mol. The number of aromatic hydroxyl groups is 1. The van der Waals surface area contributed by atoms with E-state index in [2.05, 4.69) is 10.7 Å². The Morgan fingerprint density at radius 2 is 1.78 bits per heavy atom. The molecule has 1 fully saturated rings. The van der Waals surface area contributed by atoms with Crippen LogP contribution in [0, 0.1) is 29.5 Å². The summed E-state index contributed by atoms with van der Waals surface area (Å²) in [4.78, 5) is 80.3. The number of Topliss-reactive ketones (excluding diaryl/α,β-unsaturated/α-hetero) is 2. The molecular weight excluding hydrogens is 778 g/mol. The van der Waals surface area contributed by atoms with E-state index in [1.807, 2.05) is 0 Å². The normalized spacial score (nSPS) is 28.1. The van der Waals surface area contributed by atoms with E-state index in [1.54, 1.807) is 65.8 Å². The first-order chi connectivity index (χ1) is 28.3. The second-order valence-corrected chi connectivity index (χ2v) is 16.3. The third-order valence-electron chi connectivity index (χ3n) is 10.6. The number of carbonyl (C=O) groups is 6. The summed E-state index contributed by atoms with van der Waals surface area (Å²) in [6.45, 7) is 11.7. The summed E-state index contributed by atoms with van der Waals surface area (Å²) in [7, 11) is 0. The first kappa shape index (κ1) is 49.4. The molecule has 2 aliphatic rings. The second-order valence-electron chi connectivity index (χ2n) is 16.3. The number of allylic oxidation sites excluding steroid dienone is 4. The number of amides is 2. The number of cyclic esters (lactones) is 1. The largest absolute Gasteiger partial charge is 0.508 e. The van der Waals surface area contributed by atoms with Crippen molar-refractivity contribution in [1.82, 2.24) is 15.8 Å². The van der Waals surface area contributed by atoms with Crippen molar-refractivity contribution in [3.63, 3.8) is 0 Å². The van der Waals surface area contributed by atoms with Crippen LogP contribution in [0.3, 0.4) is 0 Å². The number of phenols is 1. The maximum absolute atomic E-state index is 14.4. The van der Waals surface area contributed by atoms with Gasteiger partial charge in [-0.3, -0.25) is 24.2 Å². The lowest BCUT2D eigenvalue weighted by Gasteiger charge is -2.36. The Balaban J connectivity index is 2.09. The molecule has 0 aliphatic carbocycles. The Hall–Kier alpha value is -4.99. The number of nitrogens with zero attached hydrogens (tertiary/aromatic N) is 1. The van der Waals surface area contributed by atoms with Gasteiger partial charge in [0.1, 0.15) is 41.3 Å². The lowest BCUT2D eigenvalue weighted by atomic mass is 9.78. The van der Waals surface area contributed by atoms with Crippen LogP contribution in [0.2, 0.25) is 0 Å². The quantitative estimate of drug-likeness (QED) is 0.125. The highest BCUT2D eigenvalue weighted by atomic mass is 19.1. The SMILES string of the molecule is CC(=O)CC[C@H]1C(=O)C[C@@H](C(C)C)C(=O)N[C@@H](Cc2cc(O)cc(F)c2)C(=O)N2CCCC(N2)C(=O)O[C@H](/C(C)=C/C=C/C(=O)OC(C)C)C/C=C/C=C/[C@H](O)[C@H](C)[C@H]1O. The summed E-state index contributed by atoms with van der Waals surface area (Å²) in [5.41, 5.74) is 3.70. The van der Waals surface area contributed by atoms with Gasteiger partial charge in [-0.2, -0.15) is 0 Å². The molecule has 1 saturated heterocycles. The summed E-state index contributed by atoms with van der Waals surface area (Å²) >= 11 is 0. The molecule has 2 aliphatic heterocycles. The molecule has 2 heterocycles. The lowest BCUT2D eigenvalue weighted by Crippen LogP contribution is -2.61. The molecular formula is C45H62FN3O11. The van der Waals surface area contributed by atoms with Crippen LogP contribution >= 0.6 is 0 Å². The van der Waals surface area contributed by atoms with Crippen molar-refractivity contribution in [3.05, 3.63) is 77.7 Å². The second kappa shape index (κ2) is 23.7. The van der Waals surface area contributed by atoms with E-state index in [0.29, 0.717) is 18.4 Å². The molecule has 15 heteroatoms. The number of hydrazine groups is 1. The number of esters is 2. The molecule has 0 saturated carbocycles. The number of hydrogen-bond acceptors (Lipinski definition) is 12. The number of ether oxygens (including phenoxy) is 2. The zero-order chi connectivity index (χ0) is 44.7. The third-order valence-corrected chi connectivity index (χ3v) is 10.6. The van der Waals surface area contributed by atoms with Crippen molar-refractivity contribution in [2.45, 2.75) is 130 Å². The number of carbonyl (C=O) groups excluding carboxylic acids is 6. The summed E-state index contributed by atoms with van der Waals surface area (Å²) in [6.07, 6.45) is 7.07. The van der Waals surface area contributed by atoms with Crippen LogP contribution in [0.1, 0.15) is 92.6 Å². The lowest BCUT2D eigenvalue weighted by molar-refractivity contribution is -0.156. The molecule has 14 nitrogen and oxygen atoms in total. The van der Waals surface area contributed by atoms with Gasteiger partial charge in [0.2, 0.25) is 5.91 Å². The molecule has 1 aromatic rings. The Morgan fingerprint density at radius 1 is 1.07 bits per heavy atom. The van der Waals surface area contributed by atoms with E-state index in [0.717, 1.165) is 12.1 Å². The first-order valence-corrected chi connectivity index (χ1v) is 20.6. The van der Waals surface area contributed by atoms with Gasteiger partial charge in [0.15, 0.2) is 0 Å². The number of ketones is 2. The Labute approximate surface area is 351 Å². The fourth-order valence-electron chi connectivity index (χ4n) is 7.06. The van der Waals surface area contributed by atoms with Crippen LogP contribution in [0.15, 0.2) is 66.3 Å². The number of fused-ring (bicyclic) bond motifs is 2. The summed E-state index contributed by atoms with van der Waals surface area (Å²) in [5.74, 6) is -7.87. The molecule has 0 aromatic heterocycles. The number of aliphatic hydroxyl groups is 2. The van der Waals surface area contributed by atoms with Crippen LogP contribution in [0.4, 0.5) is 4.39 Å². The predicted molar refractivity (Wildman–Crippen MR) is 221 cm³/mol. The van der Waals surface area contributed by atoms with E-state index in [-0.39, 0.29) is 56.1 Å². The summed E-state index contributed by atoms with van der Waals surface area (Å²) < 4.78 is 25.5. The number of phenolic OH excluding ortho intramolecular Hbond substituents is 1. The van der Waals surface area contributed by atoms with E-state index >= 15 is 0 Å². The van der Waals surface area contributed by atoms with Gasteiger partial charge in [0, 0.05) is 62.1 Å². The van der Waals surface area contributed by atoms with E-state index < -0.39 is 95.2 Å². The van der Waals surface area contributed by atoms with Gasteiger partial charge in [0.25, 0.3) is 5.91 Å². The number of hydrogen-bond donors (Lipinski definition) is 5. The zero-order valence-electron chi connectivity index (χ0n) is 35.6. The standard InChI is InChI=1S/C45H62FN3O11/c1-26(2)35-25-39(53)34(19-18-29(6)50)42(55)30(7)38(52)15-9-8-10-16-40(28(5)13-11-17-41(54)59-27(3)4)60-45(58)36-14-12-20-49(48-36)44(57)37(47-43(35)56)23-31-21-32(46)24-33(51)22-31/h8-11,13,15,17,21-22,24,26-27,30,34-38,40,42,48,51-52,55H,12,14,16,18-20,23,25H2,1-7H3,(H,47,56)/b10-8+,15-9+,17-11+,28-13+/t30-,34-,35-,36?,37-,38-,40-,42+/m0/s1. The highest BCUT2D eigenvalue weighted by Gasteiger charge is 2.39. The van der Waals surface area contributed by atoms with Crippen LogP contribution in [0.5, 0.6) is 5.75 Å². The van der Waals surface area contributed by atoms with Crippen LogP contribution < -0.4 is 10.7 Å². The van der Waals surface area contributed by atoms with Gasteiger partial charge in [-0.25, -0.2) is 14.6 Å². The molecule has 2 bridgehead atoms. The summed E-state index contributed by atoms with van der Waals surface area (Å²) in [6, 6.07) is 0.938. The third kappa shape index (κ3) is 15.6. The van der Waals surface area contributed by atoms with Gasteiger partial charge < -0.3 is 34.9 Å². The van der Waals surface area contributed by atoms with Crippen molar-refractivity contribution in [3.8, 4) is 5.75 Å². The molecule has 1 unspecified atom stereocenters. The highest BCUT2D eigenvalue weighted by molar-refractivity contribution is 5.92. The van der Waals surface area contributed by atoms with Crippen LogP contribution in [0.25, 0.3) is 0 Å². The van der Waals surface area contributed by atoms with Crippen molar-refractivity contribution in [2.24, 2.45) is 23.7 Å². The van der Waals surface area contributed by atoms with Crippen molar-refractivity contribution in [1.29, 1.82) is 0 Å². The zero-order valence-corrected chi connectivity index (χ0v) is 35.6. The van der Waals surface area contributed by atoms with Gasteiger partial charge in [-0.05, 0) is 76.1 Å². The molecule has 8 atom stereocenters. The Morgan fingerprint density at radius 3 is 2.43 bits per heavy atom. The van der Waals surface area contributed by atoms with Gasteiger partial charge in [-0.15, -0.1) is 0 Å². The van der Waals surface area contributed by atoms with Gasteiger partial charge >= 0.3 is 11.9 Å². The molecule has 2 amide bonds. The van der Waals surface area contributed by atoms with Gasteiger partial charge in [-0.1, -0.05) is 57.2 Å². The Kier molecular flexibility index (Phi) is 19.5. The minimum atomic E-state index is -1.40. The predicted octanol–water partition coefficient (Wildman–Crippen LogP) is 4.51. The topological polar surface area (TPSA) is 209 Å². The maximum Gasteiger partial charge on any atom is 0.330 e. The average molecular weight is 840 g/mol. The molecule has 5 N–H and O–H groups in total. The van der Waals surface area contributed by atoms with Crippen molar-refractivity contribution < 1.29 is 58.0 Å². The molecule has 0 radical (unpaired) electrons. The maximum atomic E-state index is 14.4. The van der Waals surface area contributed by atoms with Crippen molar-refractivity contribution in [2.75, 3.05) is 6.54 Å². The number of rotatable bonds is 10. The Bertz CT molecular complexity index is 1790. The van der Waals surface area contributed by atoms with E-state index in [1.165, 1.54) is 36.2 Å². The first-order valence-electron chi connectivity index (χ1n) is 20.6. The summed E-state index contributed by atoms with van der Waals surface area (Å²) in [5, 5.41) is 36.6. The molecule has 0 spiro atoms. The number of benzene rings is 1. The van der Waals surface area contributed by atoms with Crippen LogP contribution in [-0.2, 0) is 44.7 Å². The fraction of sp³-hybridized carbons (Fsp3) is 0.556. The number of nitrogens with one attached hydrogen (secondary N) is 2. The van der Waals surface area contributed by atoms with Crippen molar-refractivity contribution >= 4 is 35.3 Å². The van der Waals surface area contributed by atoms with Gasteiger partial charge in [0.05, 0.1) is 18.3 Å². The molecule has 1 aromatic carbocycles.